The molecule has 0 bridgehead atoms. The Morgan fingerprint density at radius 1 is 0.556 bits per heavy atom. The predicted molar refractivity (Wildman–Crippen MR) is 224 cm³/mol. The van der Waals surface area contributed by atoms with Gasteiger partial charge in [-0.1, -0.05) is 160 Å². The normalized spacial score (nSPS) is 13.5. The van der Waals surface area contributed by atoms with Crippen LogP contribution in [0.25, 0.3) is 0 Å². The summed E-state index contributed by atoms with van der Waals surface area (Å²) in [6.07, 6.45) is 44.0. The van der Waals surface area contributed by atoms with E-state index in [0.717, 1.165) is 51.4 Å². The molecule has 0 fully saturated rings. The highest BCUT2D eigenvalue weighted by molar-refractivity contribution is 7.47. The van der Waals surface area contributed by atoms with Gasteiger partial charge in [0.15, 0.2) is 0 Å². The van der Waals surface area contributed by atoms with Gasteiger partial charge < -0.3 is 20.1 Å². The molecule has 54 heavy (non-hydrogen) atoms. The zero-order valence-electron chi connectivity index (χ0n) is 34.9. The van der Waals surface area contributed by atoms with Crippen LogP contribution in [0.15, 0.2) is 24.3 Å². The zero-order valence-corrected chi connectivity index (χ0v) is 35.8. The van der Waals surface area contributed by atoms with Gasteiger partial charge in [0, 0.05) is 19.4 Å². The minimum atomic E-state index is -4.41. The molecule has 0 heterocycles. The lowest BCUT2D eigenvalue weighted by Gasteiger charge is -2.15. The van der Waals surface area contributed by atoms with Crippen LogP contribution in [0.4, 0.5) is 0 Å². The van der Waals surface area contributed by atoms with E-state index in [4.69, 9.17) is 13.8 Å². The van der Waals surface area contributed by atoms with Crippen LogP contribution in [0.2, 0.25) is 0 Å². The van der Waals surface area contributed by atoms with E-state index < -0.39 is 26.5 Å². The molecule has 2 atom stereocenters. The lowest BCUT2D eigenvalue weighted by Crippen LogP contribution is -2.27. The third-order valence-corrected chi connectivity index (χ3v) is 10.6. The molecule has 3 N–H and O–H groups in total. The maximum atomic E-state index is 12.1. The monoisotopic (exact) mass is 786 g/mol. The Hall–Kier alpha value is -1.51. The van der Waals surface area contributed by atoms with Gasteiger partial charge in [0.1, 0.15) is 12.7 Å². The molecule has 0 saturated carbocycles. The van der Waals surface area contributed by atoms with Gasteiger partial charge in [-0.3, -0.25) is 18.6 Å². The van der Waals surface area contributed by atoms with Gasteiger partial charge >= 0.3 is 13.8 Å². The van der Waals surface area contributed by atoms with Crippen molar-refractivity contribution in [3.8, 4) is 0 Å². The molecule has 0 rings (SSSR count). The summed E-state index contributed by atoms with van der Waals surface area (Å²) in [6.45, 7) is 3.53. The third kappa shape index (κ3) is 41.6. The molecule has 0 aromatic heterocycles. The molecule has 0 aliphatic heterocycles. The summed E-state index contributed by atoms with van der Waals surface area (Å²) in [7, 11) is -4.41. The van der Waals surface area contributed by atoms with E-state index >= 15 is 0 Å². The Morgan fingerprint density at radius 3 is 1.43 bits per heavy atom. The number of esters is 1. The molecule has 9 nitrogen and oxygen atoms in total. The third-order valence-electron chi connectivity index (χ3n) is 9.60. The van der Waals surface area contributed by atoms with Crippen LogP contribution in [0.3, 0.4) is 0 Å². The second-order valence-electron chi connectivity index (χ2n) is 15.0. The maximum Gasteiger partial charge on any atom is 0.472 e. The van der Waals surface area contributed by atoms with Crippen LogP contribution in [0.5, 0.6) is 0 Å². The Labute approximate surface area is 331 Å². The van der Waals surface area contributed by atoms with Crippen LogP contribution in [-0.4, -0.2) is 54.3 Å². The van der Waals surface area contributed by atoms with Crippen LogP contribution < -0.4 is 5.32 Å². The van der Waals surface area contributed by atoms with Crippen molar-refractivity contribution in [3.05, 3.63) is 24.3 Å². The number of hydrogen-bond donors (Lipinski definition) is 3. The molecule has 1 amide bonds. The van der Waals surface area contributed by atoms with Crippen LogP contribution in [0, 0.1) is 0 Å². The minimum Gasteiger partial charge on any atom is -0.463 e. The number of allylic oxidation sites excluding steroid dienone is 4. The summed E-state index contributed by atoms with van der Waals surface area (Å²) in [5.74, 6) is -0.522. The van der Waals surface area contributed by atoms with E-state index in [9.17, 15) is 24.2 Å². The number of nitrogens with one attached hydrogen (secondary N) is 1. The predicted octanol–water partition coefficient (Wildman–Crippen LogP) is 12.4. The molecular weight excluding hydrogens is 701 g/mol. The molecule has 0 saturated heterocycles. The van der Waals surface area contributed by atoms with E-state index in [0.29, 0.717) is 6.42 Å². The minimum absolute atomic E-state index is 0.0787. The lowest BCUT2D eigenvalue weighted by molar-refractivity contribution is -0.147. The fourth-order valence-corrected chi connectivity index (χ4v) is 6.95. The standard InChI is InChI=1S/C44H84NO8P/c1-3-5-7-9-11-13-15-17-18-19-20-21-22-23-24-25-27-29-31-33-35-37-44(48)51-40-42(46)41-53-54(49,50)52-39-38-45-43(47)36-34-32-30-28-26-16-14-12-10-8-6-4-2/h12,14,17-18,42,46H,3-11,13,15-16,19-41H2,1-2H3,(H,45,47)(H,49,50)/b14-12-,18-17+. The summed E-state index contributed by atoms with van der Waals surface area (Å²) < 4.78 is 26.9. The quantitative estimate of drug-likeness (QED) is 0.0241. The number of carbonyl (C=O) groups is 2. The molecule has 0 aliphatic rings. The van der Waals surface area contributed by atoms with Gasteiger partial charge in [0.25, 0.3) is 0 Å². The van der Waals surface area contributed by atoms with E-state index in [1.54, 1.807) is 0 Å². The molecule has 0 aromatic carbocycles. The van der Waals surface area contributed by atoms with Crippen LogP contribution in [0.1, 0.15) is 213 Å². The first-order chi connectivity index (χ1) is 26.3. The van der Waals surface area contributed by atoms with Gasteiger partial charge in [-0.15, -0.1) is 0 Å². The topological polar surface area (TPSA) is 131 Å². The first-order valence-corrected chi connectivity index (χ1v) is 23.8. The summed E-state index contributed by atoms with van der Waals surface area (Å²) in [6, 6.07) is 0. The largest absolute Gasteiger partial charge is 0.472 e. The van der Waals surface area contributed by atoms with Crippen molar-refractivity contribution in [2.75, 3.05) is 26.4 Å². The Morgan fingerprint density at radius 2 is 0.944 bits per heavy atom. The average Bonchev–Trinajstić information content (AvgIpc) is 3.16. The SMILES string of the molecule is CCCCC/C=C\CCCCCCCC(=O)NCCOP(=O)(O)OCC(O)COC(=O)CCCCCCCCCCCCC/C=C/CCCCCCCC. The number of ether oxygens (including phenoxy) is 1. The summed E-state index contributed by atoms with van der Waals surface area (Å²) in [4.78, 5) is 33.9. The van der Waals surface area contributed by atoms with Gasteiger partial charge in [0.2, 0.25) is 5.91 Å². The number of phosphoric acid groups is 1. The second kappa shape index (κ2) is 41.1. The molecule has 2 unspecified atom stereocenters. The molecule has 0 aliphatic carbocycles. The number of phosphoric ester groups is 1. The van der Waals surface area contributed by atoms with Gasteiger partial charge in [0.05, 0.1) is 13.2 Å². The fraction of sp³-hybridized carbons (Fsp3) is 0.864. The number of aliphatic hydroxyl groups excluding tert-OH is 1. The van der Waals surface area contributed by atoms with Crippen molar-refractivity contribution in [1.82, 2.24) is 5.32 Å². The number of carbonyl (C=O) groups excluding carboxylic acids is 2. The zero-order chi connectivity index (χ0) is 39.6. The van der Waals surface area contributed by atoms with Crippen LogP contribution >= 0.6 is 7.82 Å². The Balaban J connectivity index is 3.56. The van der Waals surface area contributed by atoms with E-state index in [1.807, 2.05) is 0 Å². The number of aliphatic hydroxyl groups is 1. The van der Waals surface area contributed by atoms with Gasteiger partial charge in [-0.25, -0.2) is 4.57 Å². The smallest absolute Gasteiger partial charge is 0.463 e. The first-order valence-electron chi connectivity index (χ1n) is 22.3. The first kappa shape index (κ1) is 52.5. The van der Waals surface area contributed by atoms with Crippen molar-refractivity contribution < 1.29 is 37.9 Å². The molecule has 0 radical (unpaired) electrons. The molecule has 0 aromatic rings. The van der Waals surface area contributed by atoms with E-state index in [2.05, 4.69) is 43.5 Å². The highest BCUT2D eigenvalue weighted by Crippen LogP contribution is 2.42. The number of amides is 1. The Kier molecular flexibility index (Phi) is 40.0. The second-order valence-corrected chi connectivity index (χ2v) is 16.5. The summed E-state index contributed by atoms with van der Waals surface area (Å²) >= 11 is 0. The van der Waals surface area contributed by atoms with Crippen molar-refractivity contribution in [2.24, 2.45) is 0 Å². The van der Waals surface area contributed by atoms with Crippen molar-refractivity contribution in [3.63, 3.8) is 0 Å². The molecule has 10 heteroatoms. The van der Waals surface area contributed by atoms with Crippen molar-refractivity contribution >= 4 is 19.7 Å². The highest BCUT2D eigenvalue weighted by Gasteiger charge is 2.23. The number of hydrogen-bond acceptors (Lipinski definition) is 7. The summed E-state index contributed by atoms with van der Waals surface area (Å²) in [5.41, 5.74) is 0. The maximum absolute atomic E-state index is 12.1. The molecule has 318 valence electrons. The molecular formula is C44H84NO8P. The van der Waals surface area contributed by atoms with Gasteiger partial charge in [-0.2, -0.15) is 0 Å². The van der Waals surface area contributed by atoms with Crippen LogP contribution in [-0.2, 0) is 27.9 Å². The van der Waals surface area contributed by atoms with E-state index in [-0.39, 0.29) is 32.1 Å². The Bertz CT molecular complexity index is 944. The van der Waals surface area contributed by atoms with Crippen molar-refractivity contribution in [1.29, 1.82) is 0 Å². The number of rotatable bonds is 42. The summed E-state index contributed by atoms with van der Waals surface area (Å²) in [5, 5.41) is 12.7. The lowest BCUT2D eigenvalue weighted by atomic mass is 10.0. The highest BCUT2D eigenvalue weighted by atomic mass is 31.2. The van der Waals surface area contributed by atoms with Gasteiger partial charge in [-0.05, 0) is 64.2 Å². The number of unbranched alkanes of at least 4 members (excludes halogenated alkanes) is 25. The molecule has 0 spiro atoms. The average molecular weight is 786 g/mol. The fourth-order valence-electron chi connectivity index (χ4n) is 6.19. The van der Waals surface area contributed by atoms with E-state index in [1.165, 1.54) is 135 Å². The van der Waals surface area contributed by atoms with Crippen molar-refractivity contribution in [2.45, 2.75) is 219 Å².